The van der Waals surface area contributed by atoms with Gasteiger partial charge in [0.05, 0.1) is 6.10 Å². The van der Waals surface area contributed by atoms with Gasteiger partial charge in [0, 0.05) is 20.2 Å². The van der Waals surface area contributed by atoms with Crippen LogP contribution in [0.4, 0.5) is 13.2 Å². The summed E-state index contributed by atoms with van der Waals surface area (Å²) in [6.07, 6.45) is -2.79. The van der Waals surface area contributed by atoms with Crippen LogP contribution < -0.4 is 5.73 Å². The molecule has 2 N–H and O–H groups in total. The molecule has 0 aliphatic carbocycles. The van der Waals surface area contributed by atoms with Crippen molar-refractivity contribution in [3.05, 3.63) is 0 Å². The van der Waals surface area contributed by atoms with Gasteiger partial charge in [-0.3, -0.25) is 4.90 Å². The van der Waals surface area contributed by atoms with Crippen molar-refractivity contribution in [2.24, 2.45) is 5.73 Å². The number of alkyl halides is 3. The lowest BCUT2D eigenvalue weighted by Gasteiger charge is -2.37. The summed E-state index contributed by atoms with van der Waals surface area (Å²) in [6.45, 7) is 0.930. The average Bonchev–Trinajstić information content (AvgIpc) is 2.25. The highest BCUT2D eigenvalue weighted by Crippen LogP contribution is 2.29. The van der Waals surface area contributed by atoms with Crippen LogP contribution in [0.1, 0.15) is 19.3 Å². The van der Waals surface area contributed by atoms with Gasteiger partial charge in [-0.1, -0.05) is 0 Å². The summed E-state index contributed by atoms with van der Waals surface area (Å²) in [6, 6.07) is -1.39. The summed E-state index contributed by atoms with van der Waals surface area (Å²) in [4.78, 5) is 1.47. The highest BCUT2D eigenvalue weighted by Gasteiger charge is 2.43. The molecule has 0 spiro atoms. The third-order valence-corrected chi connectivity index (χ3v) is 3.07. The molecule has 0 amide bonds. The highest BCUT2D eigenvalue weighted by molar-refractivity contribution is 4.83. The molecule has 1 saturated heterocycles. The van der Waals surface area contributed by atoms with Gasteiger partial charge in [0.1, 0.15) is 6.04 Å². The van der Waals surface area contributed by atoms with Gasteiger partial charge in [-0.05, 0) is 25.8 Å². The number of halogens is 3. The van der Waals surface area contributed by atoms with Crippen molar-refractivity contribution in [2.45, 2.75) is 37.6 Å². The molecule has 0 bridgehead atoms. The summed E-state index contributed by atoms with van der Waals surface area (Å²) < 4.78 is 43.4. The maximum atomic E-state index is 12.7. The predicted molar refractivity (Wildman–Crippen MR) is 55.1 cm³/mol. The van der Waals surface area contributed by atoms with Gasteiger partial charge < -0.3 is 10.5 Å². The van der Waals surface area contributed by atoms with Crippen molar-refractivity contribution in [2.75, 3.05) is 26.7 Å². The molecule has 1 fully saturated rings. The number of nitrogens with zero attached hydrogens (tertiary/aromatic N) is 1. The minimum absolute atomic E-state index is 0.0266. The Bertz CT molecular complexity index is 203. The maximum Gasteiger partial charge on any atom is 0.404 e. The summed E-state index contributed by atoms with van der Waals surface area (Å²) in [5, 5.41) is 0. The van der Waals surface area contributed by atoms with Gasteiger partial charge in [0.2, 0.25) is 0 Å². The molecule has 1 rings (SSSR count). The molecule has 16 heavy (non-hydrogen) atoms. The number of ether oxygens (including phenoxy) is 1. The van der Waals surface area contributed by atoms with E-state index in [9.17, 15) is 13.2 Å². The van der Waals surface area contributed by atoms with Crippen LogP contribution >= 0.6 is 0 Å². The topological polar surface area (TPSA) is 38.5 Å². The predicted octanol–water partition coefficient (Wildman–Crippen LogP) is 1.38. The molecule has 0 aromatic rings. The Balaban J connectivity index is 2.53. The first-order valence-corrected chi connectivity index (χ1v) is 5.52. The quantitative estimate of drug-likeness (QED) is 0.806. The molecule has 0 aromatic heterocycles. The van der Waals surface area contributed by atoms with Gasteiger partial charge in [-0.2, -0.15) is 13.2 Å². The van der Waals surface area contributed by atoms with Crippen LogP contribution in [0.25, 0.3) is 0 Å². The minimum atomic E-state index is -4.18. The fourth-order valence-electron chi connectivity index (χ4n) is 2.13. The molecule has 1 heterocycles. The summed E-state index contributed by atoms with van der Waals surface area (Å²) >= 11 is 0. The van der Waals surface area contributed by atoms with E-state index in [1.807, 2.05) is 0 Å². The van der Waals surface area contributed by atoms with E-state index in [1.165, 1.54) is 4.90 Å². The second kappa shape index (κ2) is 5.84. The smallest absolute Gasteiger partial charge is 0.381 e. The van der Waals surface area contributed by atoms with E-state index in [-0.39, 0.29) is 19.1 Å². The standard InChI is InChI=1S/C10H19F3N2O/c1-16-8-3-6-15(7-4-8)9(2-5-14)10(11,12)13/h8-9H,2-7,14H2,1H3. The van der Waals surface area contributed by atoms with E-state index in [4.69, 9.17) is 10.5 Å². The number of piperidine rings is 1. The van der Waals surface area contributed by atoms with Crippen LogP contribution in [-0.2, 0) is 4.74 Å². The fourth-order valence-corrected chi connectivity index (χ4v) is 2.13. The van der Waals surface area contributed by atoms with Crippen LogP contribution in [0.5, 0.6) is 0 Å². The Kier molecular flexibility index (Phi) is 5.01. The molecule has 6 heteroatoms. The van der Waals surface area contributed by atoms with E-state index >= 15 is 0 Å². The van der Waals surface area contributed by atoms with Gasteiger partial charge in [0.15, 0.2) is 0 Å². The van der Waals surface area contributed by atoms with Gasteiger partial charge in [-0.25, -0.2) is 0 Å². The molecular formula is C10H19F3N2O. The van der Waals surface area contributed by atoms with Crippen molar-refractivity contribution < 1.29 is 17.9 Å². The van der Waals surface area contributed by atoms with E-state index < -0.39 is 12.2 Å². The number of nitrogens with two attached hydrogens (primary N) is 1. The molecule has 3 nitrogen and oxygen atoms in total. The van der Waals surface area contributed by atoms with Crippen LogP contribution in [0.2, 0.25) is 0 Å². The summed E-state index contributed by atoms with van der Waals surface area (Å²) in [5.41, 5.74) is 5.23. The molecule has 0 saturated carbocycles. The van der Waals surface area contributed by atoms with Crippen molar-refractivity contribution in [1.82, 2.24) is 4.90 Å². The highest BCUT2D eigenvalue weighted by atomic mass is 19.4. The Morgan fingerprint density at radius 2 is 1.94 bits per heavy atom. The van der Waals surface area contributed by atoms with Crippen LogP contribution in [0, 0.1) is 0 Å². The van der Waals surface area contributed by atoms with Crippen LogP contribution in [0.15, 0.2) is 0 Å². The van der Waals surface area contributed by atoms with Crippen LogP contribution in [-0.4, -0.2) is 50.0 Å². The molecule has 1 aliphatic rings. The van der Waals surface area contributed by atoms with Crippen molar-refractivity contribution in [1.29, 1.82) is 0 Å². The number of rotatable bonds is 4. The second-order valence-corrected chi connectivity index (χ2v) is 4.11. The van der Waals surface area contributed by atoms with Gasteiger partial charge in [0.25, 0.3) is 0 Å². The zero-order chi connectivity index (χ0) is 12.2. The van der Waals surface area contributed by atoms with E-state index in [0.717, 1.165) is 0 Å². The summed E-state index contributed by atoms with van der Waals surface area (Å²) in [7, 11) is 1.60. The monoisotopic (exact) mass is 240 g/mol. The zero-order valence-electron chi connectivity index (χ0n) is 9.46. The number of likely N-dealkylation sites (tertiary alicyclic amines) is 1. The molecule has 1 unspecified atom stereocenters. The van der Waals surface area contributed by atoms with Crippen LogP contribution in [0.3, 0.4) is 0 Å². The van der Waals surface area contributed by atoms with Gasteiger partial charge >= 0.3 is 6.18 Å². The third-order valence-electron chi connectivity index (χ3n) is 3.07. The first-order chi connectivity index (χ1) is 7.49. The molecule has 0 aromatic carbocycles. The van der Waals surface area contributed by atoms with Crippen molar-refractivity contribution >= 4 is 0 Å². The second-order valence-electron chi connectivity index (χ2n) is 4.11. The summed E-state index contributed by atoms with van der Waals surface area (Å²) in [5.74, 6) is 0. The first kappa shape index (κ1) is 13.7. The van der Waals surface area contributed by atoms with Crippen molar-refractivity contribution in [3.8, 4) is 0 Å². The SMILES string of the molecule is COC1CCN(C(CCN)C(F)(F)F)CC1. The average molecular weight is 240 g/mol. The number of methoxy groups -OCH3 is 1. The lowest BCUT2D eigenvalue weighted by atomic mass is 10.0. The molecule has 1 atom stereocenters. The Morgan fingerprint density at radius 3 is 2.31 bits per heavy atom. The third kappa shape index (κ3) is 3.61. The maximum absolute atomic E-state index is 12.7. The van der Waals surface area contributed by atoms with E-state index in [2.05, 4.69) is 0 Å². The van der Waals surface area contributed by atoms with Crippen molar-refractivity contribution in [3.63, 3.8) is 0 Å². The largest absolute Gasteiger partial charge is 0.404 e. The fraction of sp³-hybridized carbons (Fsp3) is 1.00. The minimum Gasteiger partial charge on any atom is -0.381 e. The van der Waals surface area contributed by atoms with E-state index in [0.29, 0.717) is 25.9 Å². The molecule has 0 radical (unpaired) electrons. The van der Waals surface area contributed by atoms with E-state index in [1.54, 1.807) is 7.11 Å². The lowest BCUT2D eigenvalue weighted by Crippen LogP contribution is -2.50. The number of hydrogen-bond acceptors (Lipinski definition) is 3. The zero-order valence-corrected chi connectivity index (χ0v) is 9.46. The van der Waals surface area contributed by atoms with Gasteiger partial charge in [-0.15, -0.1) is 0 Å². The Morgan fingerprint density at radius 1 is 1.38 bits per heavy atom. The Labute approximate surface area is 93.7 Å². The normalized spacial score (nSPS) is 22.3. The lowest BCUT2D eigenvalue weighted by molar-refractivity contribution is -0.189. The molecule has 96 valence electrons. The number of hydrogen-bond donors (Lipinski definition) is 1. The molecule has 1 aliphatic heterocycles. The Hall–Kier alpha value is -0.330. The molecular weight excluding hydrogens is 221 g/mol. The first-order valence-electron chi connectivity index (χ1n) is 5.52.